The number of methoxy groups -OCH3 is 1. The summed E-state index contributed by atoms with van der Waals surface area (Å²) in [7, 11) is 5.76. The van der Waals surface area contributed by atoms with Gasteiger partial charge in [0.2, 0.25) is 0 Å². The van der Waals surface area contributed by atoms with Gasteiger partial charge in [-0.15, -0.1) is 0 Å². The summed E-state index contributed by atoms with van der Waals surface area (Å²) in [4.78, 5) is 2.09. The first-order valence-corrected chi connectivity index (χ1v) is 6.90. The first-order valence-electron chi connectivity index (χ1n) is 6.90. The Labute approximate surface area is 127 Å². The fourth-order valence-corrected chi connectivity index (χ4v) is 2.19. The molecule has 0 aromatic heterocycles. The smallest absolute Gasteiger partial charge is 0.118 e. The minimum Gasteiger partial charge on any atom is -0.497 e. The molecule has 108 valence electrons. The average molecular weight is 279 g/mol. The van der Waals surface area contributed by atoms with Gasteiger partial charge in [-0.25, -0.2) is 0 Å². The SMILES string of the molecule is C=C/C=C(\c1ccc(OC)cc1)c1ccc(N(C)C)cc1. The number of rotatable bonds is 5. The number of hydrogen-bond donors (Lipinski definition) is 0. The maximum atomic E-state index is 5.21. The lowest BCUT2D eigenvalue weighted by Gasteiger charge is -2.14. The van der Waals surface area contributed by atoms with Gasteiger partial charge < -0.3 is 9.64 Å². The number of allylic oxidation sites excluding steroid dienone is 2. The molecule has 2 nitrogen and oxygen atoms in total. The minimum atomic E-state index is 0.861. The molecule has 2 aromatic carbocycles. The standard InChI is InChI=1S/C19H21NO/c1-5-6-19(16-9-13-18(21-4)14-10-16)15-7-11-17(12-8-15)20(2)3/h5-14H,1H2,2-4H3/b19-6-. The Kier molecular flexibility index (Phi) is 4.83. The summed E-state index contributed by atoms with van der Waals surface area (Å²) in [6.45, 7) is 3.82. The summed E-state index contributed by atoms with van der Waals surface area (Å²) in [6, 6.07) is 16.6. The fraction of sp³-hybridized carbons (Fsp3) is 0.158. The molecule has 0 bridgehead atoms. The molecule has 0 radical (unpaired) electrons. The Hall–Kier alpha value is -2.48. The Morgan fingerprint density at radius 3 is 1.90 bits per heavy atom. The highest BCUT2D eigenvalue weighted by atomic mass is 16.5. The molecule has 0 fully saturated rings. The second-order valence-electron chi connectivity index (χ2n) is 4.99. The predicted octanol–water partition coefficient (Wildman–Crippen LogP) is 4.38. The molecule has 0 saturated heterocycles. The van der Waals surface area contributed by atoms with Gasteiger partial charge in [0.15, 0.2) is 0 Å². The maximum absolute atomic E-state index is 5.21. The molecule has 2 heteroatoms. The molecule has 0 N–H and O–H groups in total. The lowest BCUT2D eigenvalue weighted by molar-refractivity contribution is 0.415. The highest BCUT2D eigenvalue weighted by Gasteiger charge is 2.05. The molecule has 0 atom stereocenters. The van der Waals surface area contributed by atoms with Crippen molar-refractivity contribution >= 4 is 11.3 Å². The number of benzene rings is 2. The normalized spacial score (nSPS) is 11.1. The Morgan fingerprint density at radius 1 is 0.952 bits per heavy atom. The van der Waals surface area contributed by atoms with E-state index < -0.39 is 0 Å². The van der Waals surface area contributed by atoms with Crippen LogP contribution in [0.15, 0.2) is 67.3 Å². The molecule has 2 aromatic rings. The molecule has 0 aliphatic carbocycles. The molecule has 0 amide bonds. The minimum absolute atomic E-state index is 0.861. The van der Waals surface area contributed by atoms with Gasteiger partial charge in [-0.1, -0.05) is 43.0 Å². The van der Waals surface area contributed by atoms with E-state index in [-0.39, 0.29) is 0 Å². The van der Waals surface area contributed by atoms with Crippen LogP contribution in [0, 0.1) is 0 Å². The molecular weight excluding hydrogens is 258 g/mol. The molecule has 0 aliphatic rings. The summed E-state index contributed by atoms with van der Waals surface area (Å²) in [6.07, 6.45) is 3.85. The van der Waals surface area contributed by atoms with Gasteiger partial charge in [-0.3, -0.25) is 0 Å². The summed E-state index contributed by atoms with van der Waals surface area (Å²) < 4.78 is 5.21. The molecule has 0 spiro atoms. The van der Waals surface area contributed by atoms with E-state index >= 15 is 0 Å². The summed E-state index contributed by atoms with van der Waals surface area (Å²) >= 11 is 0. The monoisotopic (exact) mass is 279 g/mol. The average Bonchev–Trinajstić information content (AvgIpc) is 2.53. The Morgan fingerprint density at radius 2 is 1.48 bits per heavy atom. The second-order valence-corrected chi connectivity index (χ2v) is 4.99. The van der Waals surface area contributed by atoms with Gasteiger partial charge in [0.25, 0.3) is 0 Å². The van der Waals surface area contributed by atoms with Crippen molar-refractivity contribution in [1.29, 1.82) is 0 Å². The van der Waals surface area contributed by atoms with Gasteiger partial charge in [-0.2, -0.15) is 0 Å². The van der Waals surface area contributed by atoms with Crippen LogP contribution in [0.25, 0.3) is 5.57 Å². The lowest BCUT2D eigenvalue weighted by atomic mass is 9.97. The van der Waals surface area contributed by atoms with Gasteiger partial charge in [0, 0.05) is 19.8 Å². The van der Waals surface area contributed by atoms with Crippen LogP contribution in [-0.4, -0.2) is 21.2 Å². The quantitative estimate of drug-likeness (QED) is 0.753. The zero-order chi connectivity index (χ0) is 15.2. The first kappa shape index (κ1) is 14.9. The van der Waals surface area contributed by atoms with Gasteiger partial charge in [0.05, 0.1) is 7.11 Å². The van der Waals surface area contributed by atoms with Crippen LogP contribution in [0.3, 0.4) is 0 Å². The van der Waals surface area contributed by atoms with Crippen LogP contribution in [0.4, 0.5) is 5.69 Å². The van der Waals surface area contributed by atoms with Crippen molar-refractivity contribution in [3.05, 3.63) is 78.4 Å². The van der Waals surface area contributed by atoms with Crippen LogP contribution in [0.2, 0.25) is 0 Å². The van der Waals surface area contributed by atoms with Gasteiger partial charge >= 0.3 is 0 Å². The van der Waals surface area contributed by atoms with Gasteiger partial charge in [0.1, 0.15) is 5.75 Å². The molecule has 2 rings (SSSR count). The highest BCUT2D eigenvalue weighted by molar-refractivity contribution is 5.81. The van der Waals surface area contributed by atoms with E-state index in [0.717, 1.165) is 16.9 Å². The van der Waals surface area contributed by atoms with Crippen LogP contribution < -0.4 is 9.64 Å². The number of hydrogen-bond acceptors (Lipinski definition) is 2. The summed E-state index contributed by atoms with van der Waals surface area (Å²) in [5, 5.41) is 0. The Bertz CT molecular complexity index is 622. The third-order valence-electron chi connectivity index (χ3n) is 3.38. The number of ether oxygens (including phenoxy) is 1. The van der Waals surface area contributed by atoms with Crippen LogP contribution >= 0.6 is 0 Å². The molecule has 0 saturated carbocycles. The van der Waals surface area contributed by atoms with Crippen molar-refractivity contribution in [1.82, 2.24) is 0 Å². The molecule has 0 heterocycles. The van der Waals surface area contributed by atoms with Gasteiger partial charge in [-0.05, 0) is 41.0 Å². The molecule has 0 aliphatic heterocycles. The maximum Gasteiger partial charge on any atom is 0.118 e. The van der Waals surface area contributed by atoms with E-state index in [2.05, 4.69) is 47.9 Å². The van der Waals surface area contributed by atoms with Crippen LogP contribution in [0.1, 0.15) is 11.1 Å². The van der Waals surface area contributed by atoms with Crippen LogP contribution in [0.5, 0.6) is 5.75 Å². The zero-order valence-electron chi connectivity index (χ0n) is 12.8. The van der Waals surface area contributed by atoms with E-state index in [4.69, 9.17) is 4.74 Å². The Balaban J connectivity index is 2.38. The van der Waals surface area contributed by atoms with Crippen molar-refractivity contribution in [2.24, 2.45) is 0 Å². The highest BCUT2D eigenvalue weighted by Crippen LogP contribution is 2.26. The second kappa shape index (κ2) is 6.80. The van der Waals surface area contributed by atoms with Crippen molar-refractivity contribution in [3.8, 4) is 5.75 Å². The fourth-order valence-electron chi connectivity index (χ4n) is 2.19. The van der Waals surface area contributed by atoms with Crippen LogP contribution in [-0.2, 0) is 0 Å². The summed E-state index contributed by atoms with van der Waals surface area (Å²) in [5.41, 5.74) is 4.66. The van der Waals surface area contributed by atoms with Crippen molar-refractivity contribution in [2.45, 2.75) is 0 Å². The first-order chi connectivity index (χ1) is 10.2. The van der Waals surface area contributed by atoms with E-state index in [9.17, 15) is 0 Å². The van der Waals surface area contributed by atoms with Crippen molar-refractivity contribution < 1.29 is 4.74 Å². The zero-order valence-corrected chi connectivity index (χ0v) is 12.8. The van der Waals surface area contributed by atoms with E-state index in [1.54, 1.807) is 7.11 Å². The topological polar surface area (TPSA) is 12.5 Å². The lowest BCUT2D eigenvalue weighted by Crippen LogP contribution is -2.08. The van der Waals surface area contributed by atoms with Crippen molar-refractivity contribution in [3.63, 3.8) is 0 Å². The number of nitrogens with zero attached hydrogens (tertiary/aromatic N) is 1. The van der Waals surface area contributed by atoms with E-state index in [1.807, 2.05) is 38.4 Å². The van der Waals surface area contributed by atoms with E-state index in [1.165, 1.54) is 11.3 Å². The molecule has 21 heavy (non-hydrogen) atoms. The number of anilines is 1. The van der Waals surface area contributed by atoms with Crippen molar-refractivity contribution in [2.75, 3.05) is 26.1 Å². The largest absolute Gasteiger partial charge is 0.497 e. The molecular formula is C19H21NO. The van der Waals surface area contributed by atoms with E-state index in [0.29, 0.717) is 0 Å². The molecule has 0 unspecified atom stereocenters. The third-order valence-corrected chi connectivity index (χ3v) is 3.38. The third kappa shape index (κ3) is 3.54. The predicted molar refractivity (Wildman–Crippen MR) is 91.0 cm³/mol. The summed E-state index contributed by atoms with van der Waals surface area (Å²) in [5.74, 6) is 0.861.